The number of hydrogen-bond acceptors (Lipinski definition) is 1. The van der Waals surface area contributed by atoms with Crippen molar-refractivity contribution in [3.8, 4) is 11.1 Å². The van der Waals surface area contributed by atoms with Crippen molar-refractivity contribution in [2.75, 3.05) is 0 Å². The monoisotopic (exact) mass is 284 g/mol. The Kier molecular flexibility index (Phi) is 3.99. The first kappa shape index (κ1) is 15.4. The maximum atomic E-state index is 15.0. The van der Waals surface area contributed by atoms with Crippen molar-refractivity contribution >= 4 is 5.78 Å². The zero-order valence-electron chi connectivity index (χ0n) is 13.3. The Labute approximate surface area is 125 Å². The van der Waals surface area contributed by atoms with Gasteiger partial charge in [0.2, 0.25) is 0 Å². The highest BCUT2D eigenvalue weighted by molar-refractivity contribution is 5.96. The fourth-order valence-electron chi connectivity index (χ4n) is 2.44. The molecule has 0 saturated heterocycles. The maximum absolute atomic E-state index is 15.0. The van der Waals surface area contributed by atoms with Gasteiger partial charge in [0.05, 0.1) is 0 Å². The minimum Gasteiger partial charge on any atom is -0.295 e. The number of Topliss-reactive ketones (excluding diaryl/α,β-unsaturated/α-hetero) is 1. The Morgan fingerprint density at radius 2 is 1.67 bits per heavy atom. The number of carbonyl (C=O) groups excluding carboxylic acids is 1. The normalized spacial score (nSPS) is 11.5. The molecule has 0 spiro atoms. The lowest BCUT2D eigenvalue weighted by Crippen LogP contribution is -2.15. The van der Waals surface area contributed by atoms with E-state index in [4.69, 9.17) is 0 Å². The summed E-state index contributed by atoms with van der Waals surface area (Å²) in [5.41, 5.74) is 3.12. The van der Waals surface area contributed by atoms with Gasteiger partial charge in [-0.05, 0) is 48.1 Å². The van der Waals surface area contributed by atoms with Crippen molar-refractivity contribution < 1.29 is 9.18 Å². The Balaban J connectivity index is 2.80. The highest BCUT2D eigenvalue weighted by Gasteiger charge is 2.23. The minimum absolute atomic E-state index is 0.0460. The van der Waals surface area contributed by atoms with E-state index < -0.39 is 0 Å². The molecule has 0 bridgehead atoms. The summed E-state index contributed by atoms with van der Waals surface area (Å²) in [4.78, 5) is 11.8. The molecule has 0 radical (unpaired) electrons. The van der Waals surface area contributed by atoms with E-state index in [-0.39, 0.29) is 17.0 Å². The first-order valence-electron chi connectivity index (χ1n) is 7.13. The van der Waals surface area contributed by atoms with E-state index in [1.807, 2.05) is 52.0 Å². The average Bonchev–Trinajstić information content (AvgIpc) is 2.38. The van der Waals surface area contributed by atoms with E-state index in [1.54, 1.807) is 12.1 Å². The number of halogens is 1. The predicted octanol–water partition coefficient (Wildman–Crippen LogP) is 5.30. The number of benzene rings is 2. The summed E-state index contributed by atoms with van der Waals surface area (Å²) in [6.07, 6.45) is 0. The summed E-state index contributed by atoms with van der Waals surface area (Å²) in [5.74, 6) is -0.280. The van der Waals surface area contributed by atoms with Crippen molar-refractivity contribution in [1.82, 2.24) is 0 Å². The van der Waals surface area contributed by atoms with Crippen molar-refractivity contribution in [2.45, 2.75) is 40.0 Å². The zero-order valence-corrected chi connectivity index (χ0v) is 13.3. The molecule has 0 heterocycles. The molecule has 2 heteroatoms. The van der Waals surface area contributed by atoms with Crippen molar-refractivity contribution in [1.29, 1.82) is 0 Å². The second-order valence-corrected chi connectivity index (χ2v) is 6.51. The fraction of sp³-hybridized carbons (Fsp3) is 0.316. The third-order valence-corrected chi connectivity index (χ3v) is 3.72. The topological polar surface area (TPSA) is 17.1 Å². The van der Waals surface area contributed by atoms with Gasteiger partial charge >= 0.3 is 0 Å². The van der Waals surface area contributed by atoms with Gasteiger partial charge in [-0.15, -0.1) is 0 Å². The molecule has 0 amide bonds. The zero-order chi connectivity index (χ0) is 15.8. The largest absolute Gasteiger partial charge is 0.295 e. The van der Waals surface area contributed by atoms with Crippen LogP contribution in [0.1, 0.15) is 49.2 Å². The molecule has 0 fully saturated rings. The Morgan fingerprint density at radius 3 is 2.19 bits per heavy atom. The van der Waals surface area contributed by atoms with Crippen LogP contribution in [0.25, 0.3) is 11.1 Å². The first-order chi connectivity index (χ1) is 9.71. The van der Waals surface area contributed by atoms with Crippen molar-refractivity contribution in [3.63, 3.8) is 0 Å². The van der Waals surface area contributed by atoms with E-state index in [1.165, 1.54) is 6.92 Å². The molecular formula is C19H21FO. The highest BCUT2D eigenvalue weighted by atomic mass is 19.1. The second kappa shape index (κ2) is 5.44. The van der Waals surface area contributed by atoms with E-state index in [9.17, 15) is 9.18 Å². The van der Waals surface area contributed by atoms with Gasteiger partial charge in [-0.3, -0.25) is 4.79 Å². The van der Waals surface area contributed by atoms with Crippen LogP contribution in [0.3, 0.4) is 0 Å². The van der Waals surface area contributed by atoms with E-state index in [0.29, 0.717) is 16.7 Å². The average molecular weight is 284 g/mol. The molecule has 2 rings (SSSR count). The Bertz CT molecular complexity index is 693. The minimum atomic E-state index is -0.354. The van der Waals surface area contributed by atoms with Gasteiger partial charge < -0.3 is 0 Å². The van der Waals surface area contributed by atoms with Gasteiger partial charge in [0.15, 0.2) is 5.78 Å². The van der Waals surface area contributed by atoms with E-state index in [0.717, 1.165) is 11.1 Å². The molecule has 21 heavy (non-hydrogen) atoms. The van der Waals surface area contributed by atoms with E-state index >= 15 is 0 Å². The molecule has 0 N–H and O–H groups in total. The molecule has 2 aromatic carbocycles. The molecule has 0 atom stereocenters. The standard InChI is InChI=1S/C19H21FO/c1-12-8-6-7-9-15(12)16-10-14(13(2)21)11-17(18(16)20)19(3,4)5/h6-11H,1-5H3. The van der Waals surface area contributed by atoms with Gasteiger partial charge in [-0.1, -0.05) is 45.0 Å². The highest BCUT2D eigenvalue weighted by Crippen LogP contribution is 2.34. The summed E-state index contributed by atoms with van der Waals surface area (Å²) >= 11 is 0. The van der Waals surface area contributed by atoms with Gasteiger partial charge in [-0.2, -0.15) is 0 Å². The number of ketones is 1. The number of carbonyl (C=O) groups is 1. The summed E-state index contributed by atoms with van der Waals surface area (Å²) in [7, 11) is 0. The molecular weight excluding hydrogens is 263 g/mol. The van der Waals surface area contributed by atoms with Crippen LogP contribution in [0, 0.1) is 12.7 Å². The third kappa shape index (κ3) is 3.05. The number of hydrogen-bond donors (Lipinski definition) is 0. The third-order valence-electron chi connectivity index (χ3n) is 3.72. The SMILES string of the molecule is CC(=O)c1cc(-c2ccccc2C)c(F)c(C(C)(C)C)c1. The molecule has 2 aromatic rings. The van der Waals surface area contributed by atoms with Crippen LogP contribution < -0.4 is 0 Å². The Morgan fingerprint density at radius 1 is 1.05 bits per heavy atom. The molecule has 0 aliphatic rings. The lowest BCUT2D eigenvalue weighted by atomic mass is 9.82. The van der Waals surface area contributed by atoms with Crippen LogP contribution in [0.2, 0.25) is 0 Å². The smallest absolute Gasteiger partial charge is 0.159 e. The summed E-state index contributed by atoms with van der Waals surface area (Å²) in [6.45, 7) is 9.33. The van der Waals surface area contributed by atoms with Crippen molar-refractivity contribution in [3.05, 3.63) is 58.9 Å². The summed E-state index contributed by atoms with van der Waals surface area (Å²) in [5, 5.41) is 0. The lowest BCUT2D eigenvalue weighted by Gasteiger charge is -2.23. The van der Waals surface area contributed by atoms with Gasteiger partial charge in [0.25, 0.3) is 0 Å². The fourth-order valence-corrected chi connectivity index (χ4v) is 2.44. The summed E-state index contributed by atoms with van der Waals surface area (Å²) in [6, 6.07) is 11.0. The van der Waals surface area contributed by atoms with Gasteiger partial charge in [0, 0.05) is 11.1 Å². The van der Waals surface area contributed by atoms with Crippen LogP contribution in [0.4, 0.5) is 4.39 Å². The van der Waals surface area contributed by atoms with Gasteiger partial charge in [0.1, 0.15) is 5.82 Å². The number of aryl methyl sites for hydroxylation is 1. The van der Waals surface area contributed by atoms with Crippen LogP contribution in [-0.2, 0) is 5.41 Å². The van der Waals surface area contributed by atoms with Crippen LogP contribution in [0.15, 0.2) is 36.4 Å². The maximum Gasteiger partial charge on any atom is 0.159 e. The molecule has 0 aliphatic carbocycles. The number of rotatable bonds is 2. The first-order valence-corrected chi connectivity index (χ1v) is 7.13. The Hall–Kier alpha value is -1.96. The van der Waals surface area contributed by atoms with E-state index in [2.05, 4.69) is 0 Å². The quantitative estimate of drug-likeness (QED) is 0.684. The van der Waals surface area contributed by atoms with Crippen LogP contribution in [0.5, 0.6) is 0 Å². The molecule has 0 aromatic heterocycles. The van der Waals surface area contributed by atoms with Crippen LogP contribution >= 0.6 is 0 Å². The summed E-state index contributed by atoms with van der Waals surface area (Å²) < 4.78 is 15.0. The predicted molar refractivity (Wildman–Crippen MR) is 85.3 cm³/mol. The van der Waals surface area contributed by atoms with Crippen molar-refractivity contribution in [2.24, 2.45) is 0 Å². The second-order valence-electron chi connectivity index (χ2n) is 6.51. The lowest BCUT2D eigenvalue weighted by molar-refractivity contribution is 0.101. The molecule has 0 unspecified atom stereocenters. The van der Waals surface area contributed by atoms with Crippen LogP contribution in [-0.4, -0.2) is 5.78 Å². The molecule has 1 nitrogen and oxygen atoms in total. The molecule has 110 valence electrons. The molecule has 0 saturated carbocycles. The van der Waals surface area contributed by atoms with Gasteiger partial charge in [-0.25, -0.2) is 4.39 Å². The molecule has 0 aliphatic heterocycles.